The number of benzene rings is 1. The van der Waals surface area contributed by atoms with Crippen LogP contribution in [-0.4, -0.2) is 56.0 Å². The van der Waals surface area contributed by atoms with Crippen molar-refractivity contribution in [3.8, 4) is 0 Å². The van der Waals surface area contributed by atoms with E-state index >= 15 is 0 Å². The summed E-state index contributed by atoms with van der Waals surface area (Å²) in [5, 5.41) is 0. The maximum Gasteiger partial charge on any atom is 0.405 e. The third-order valence-electron chi connectivity index (χ3n) is 3.86. The standard InChI is InChI=1S/C13H16BrF3N2O2S/c1-9-7-19(8-12(18(9)2)13(15,16)17)22(20,21)11-5-3-10(14)4-6-11/h3-6,9,12H,7-8H2,1-2H3. The van der Waals surface area contributed by atoms with Crippen molar-refractivity contribution in [2.24, 2.45) is 0 Å². The highest BCUT2D eigenvalue weighted by Gasteiger charge is 2.49. The summed E-state index contributed by atoms with van der Waals surface area (Å²) in [6, 6.07) is 3.53. The van der Waals surface area contributed by atoms with Crippen LogP contribution in [0, 0.1) is 0 Å². The van der Waals surface area contributed by atoms with Crippen LogP contribution in [0.3, 0.4) is 0 Å². The van der Waals surface area contributed by atoms with E-state index in [-0.39, 0.29) is 11.4 Å². The van der Waals surface area contributed by atoms with Crippen molar-refractivity contribution >= 4 is 26.0 Å². The first-order chi connectivity index (χ1) is 10.0. The van der Waals surface area contributed by atoms with Gasteiger partial charge in [0.05, 0.1) is 4.90 Å². The van der Waals surface area contributed by atoms with Crippen LogP contribution in [0.2, 0.25) is 0 Å². The van der Waals surface area contributed by atoms with Crippen molar-refractivity contribution in [2.75, 3.05) is 20.1 Å². The van der Waals surface area contributed by atoms with Gasteiger partial charge in [-0.25, -0.2) is 8.42 Å². The number of likely N-dealkylation sites (N-methyl/N-ethyl adjacent to an activating group) is 1. The van der Waals surface area contributed by atoms with E-state index in [1.54, 1.807) is 19.1 Å². The van der Waals surface area contributed by atoms with Gasteiger partial charge in [-0.05, 0) is 38.2 Å². The molecular weight excluding hydrogens is 385 g/mol. The number of hydrogen-bond acceptors (Lipinski definition) is 3. The highest BCUT2D eigenvalue weighted by Crippen LogP contribution is 2.31. The van der Waals surface area contributed by atoms with Crippen LogP contribution in [0.1, 0.15) is 6.92 Å². The molecule has 2 atom stereocenters. The zero-order chi connectivity index (χ0) is 16.7. The molecule has 1 fully saturated rings. The molecule has 1 aliphatic rings. The van der Waals surface area contributed by atoms with Gasteiger partial charge in [-0.2, -0.15) is 17.5 Å². The molecule has 1 saturated heterocycles. The fraction of sp³-hybridized carbons (Fsp3) is 0.538. The molecule has 0 amide bonds. The van der Waals surface area contributed by atoms with Gasteiger partial charge in [0.15, 0.2) is 0 Å². The number of hydrogen-bond donors (Lipinski definition) is 0. The van der Waals surface area contributed by atoms with Crippen molar-refractivity contribution < 1.29 is 21.6 Å². The molecule has 0 N–H and O–H groups in total. The zero-order valence-corrected chi connectivity index (χ0v) is 14.4. The van der Waals surface area contributed by atoms with Gasteiger partial charge in [0.25, 0.3) is 0 Å². The Hall–Kier alpha value is -0.640. The first kappa shape index (κ1) is 17.7. The number of halogens is 4. The van der Waals surface area contributed by atoms with Crippen LogP contribution in [0.25, 0.3) is 0 Å². The summed E-state index contributed by atoms with van der Waals surface area (Å²) in [6.45, 7) is 1.02. The molecule has 0 aliphatic carbocycles. The molecule has 0 saturated carbocycles. The monoisotopic (exact) mass is 400 g/mol. The van der Waals surface area contributed by atoms with Gasteiger partial charge >= 0.3 is 6.18 Å². The van der Waals surface area contributed by atoms with Crippen molar-refractivity contribution in [1.82, 2.24) is 9.21 Å². The maximum atomic E-state index is 13.1. The zero-order valence-electron chi connectivity index (χ0n) is 12.0. The van der Waals surface area contributed by atoms with E-state index in [1.807, 2.05) is 0 Å². The second-order valence-corrected chi connectivity index (χ2v) is 8.20. The molecule has 22 heavy (non-hydrogen) atoms. The van der Waals surface area contributed by atoms with E-state index in [0.717, 1.165) is 4.31 Å². The molecule has 4 nitrogen and oxygen atoms in total. The SMILES string of the molecule is CC1CN(S(=O)(=O)c2ccc(Br)cc2)CC(C(F)(F)F)N1C. The van der Waals surface area contributed by atoms with Crippen molar-refractivity contribution in [2.45, 2.75) is 30.1 Å². The molecule has 0 radical (unpaired) electrons. The largest absolute Gasteiger partial charge is 0.405 e. The van der Waals surface area contributed by atoms with Gasteiger partial charge in [0, 0.05) is 23.6 Å². The molecule has 2 rings (SSSR count). The summed E-state index contributed by atoms with van der Waals surface area (Å²) in [6.07, 6.45) is -4.48. The number of nitrogens with zero attached hydrogens (tertiary/aromatic N) is 2. The lowest BCUT2D eigenvalue weighted by Crippen LogP contribution is -2.62. The second kappa shape index (κ2) is 6.10. The first-order valence-corrected chi connectivity index (χ1v) is 8.81. The quantitative estimate of drug-likeness (QED) is 0.766. The lowest BCUT2D eigenvalue weighted by molar-refractivity contribution is -0.194. The molecule has 1 aromatic rings. The summed E-state index contributed by atoms with van der Waals surface area (Å²) >= 11 is 3.20. The van der Waals surface area contributed by atoms with Crippen molar-refractivity contribution in [3.63, 3.8) is 0 Å². The maximum absolute atomic E-state index is 13.1. The predicted molar refractivity (Wildman–Crippen MR) is 80.0 cm³/mol. The summed E-state index contributed by atoms with van der Waals surface area (Å²) in [5.41, 5.74) is 0. The third kappa shape index (κ3) is 3.47. The van der Waals surface area contributed by atoms with E-state index in [1.165, 1.54) is 24.1 Å². The van der Waals surface area contributed by atoms with Gasteiger partial charge in [-0.3, -0.25) is 4.90 Å². The van der Waals surface area contributed by atoms with Gasteiger partial charge in [0.2, 0.25) is 10.0 Å². The Kier molecular flexibility index (Phi) is 4.91. The van der Waals surface area contributed by atoms with E-state index in [9.17, 15) is 21.6 Å². The van der Waals surface area contributed by atoms with Crippen LogP contribution in [0.5, 0.6) is 0 Å². The molecule has 0 aromatic heterocycles. The van der Waals surface area contributed by atoms with E-state index in [4.69, 9.17) is 0 Å². The van der Waals surface area contributed by atoms with Crippen molar-refractivity contribution in [1.29, 1.82) is 0 Å². The van der Waals surface area contributed by atoms with E-state index < -0.39 is 34.8 Å². The Balaban J connectivity index is 2.33. The Morgan fingerprint density at radius 3 is 2.23 bits per heavy atom. The van der Waals surface area contributed by atoms with Crippen LogP contribution in [0.15, 0.2) is 33.6 Å². The molecular formula is C13H16BrF3N2O2S. The number of rotatable bonds is 2. The second-order valence-electron chi connectivity index (χ2n) is 5.35. The number of alkyl halides is 3. The van der Waals surface area contributed by atoms with Gasteiger partial charge < -0.3 is 0 Å². The topological polar surface area (TPSA) is 40.6 Å². The molecule has 0 spiro atoms. The average Bonchev–Trinajstić information content (AvgIpc) is 2.40. The normalized spacial score (nSPS) is 25.4. The minimum atomic E-state index is -4.48. The fourth-order valence-corrected chi connectivity index (χ4v) is 4.21. The van der Waals surface area contributed by atoms with Crippen molar-refractivity contribution in [3.05, 3.63) is 28.7 Å². The summed E-state index contributed by atoms with van der Waals surface area (Å²) in [7, 11) is -2.58. The highest BCUT2D eigenvalue weighted by atomic mass is 79.9. The minimum absolute atomic E-state index is 0.00613. The Bertz CT molecular complexity index is 634. The molecule has 1 heterocycles. The highest BCUT2D eigenvalue weighted by molar-refractivity contribution is 9.10. The smallest absolute Gasteiger partial charge is 0.290 e. The lowest BCUT2D eigenvalue weighted by atomic mass is 10.1. The molecule has 1 aromatic carbocycles. The number of sulfonamides is 1. The van der Waals surface area contributed by atoms with Gasteiger partial charge in [-0.1, -0.05) is 15.9 Å². The minimum Gasteiger partial charge on any atom is -0.290 e. The van der Waals surface area contributed by atoms with Crippen LogP contribution >= 0.6 is 15.9 Å². The Labute approximate surface area is 136 Å². The Morgan fingerprint density at radius 1 is 1.18 bits per heavy atom. The summed E-state index contributed by atoms with van der Waals surface area (Å²) in [4.78, 5) is 1.17. The fourth-order valence-electron chi connectivity index (χ4n) is 2.41. The third-order valence-corrected chi connectivity index (χ3v) is 6.24. The molecule has 124 valence electrons. The van der Waals surface area contributed by atoms with Crippen LogP contribution < -0.4 is 0 Å². The summed E-state index contributed by atoms with van der Waals surface area (Å²) < 4.78 is 66.0. The Morgan fingerprint density at radius 2 is 1.73 bits per heavy atom. The number of piperazine rings is 1. The van der Waals surface area contributed by atoms with Crippen LogP contribution in [-0.2, 0) is 10.0 Å². The summed E-state index contributed by atoms with van der Waals surface area (Å²) in [5.74, 6) is 0. The van der Waals surface area contributed by atoms with E-state index in [2.05, 4.69) is 15.9 Å². The lowest BCUT2D eigenvalue weighted by Gasteiger charge is -2.43. The van der Waals surface area contributed by atoms with Gasteiger partial charge in [0.1, 0.15) is 6.04 Å². The molecule has 2 unspecified atom stereocenters. The molecule has 9 heteroatoms. The predicted octanol–water partition coefficient (Wildman–Crippen LogP) is 2.70. The average molecular weight is 401 g/mol. The first-order valence-electron chi connectivity index (χ1n) is 6.58. The molecule has 1 aliphatic heterocycles. The van der Waals surface area contributed by atoms with E-state index in [0.29, 0.717) is 4.47 Å². The molecule has 0 bridgehead atoms. The van der Waals surface area contributed by atoms with Gasteiger partial charge in [-0.15, -0.1) is 0 Å². The van der Waals surface area contributed by atoms with Crippen LogP contribution in [0.4, 0.5) is 13.2 Å².